The van der Waals surface area contributed by atoms with Crippen LogP contribution in [0, 0.1) is 5.41 Å². The maximum Gasteiger partial charge on any atom is 0.154 e. The molecule has 96 valence electrons. The molecular formula is C14H15ClO2S. The number of benzene rings is 1. The van der Waals surface area contributed by atoms with E-state index >= 15 is 0 Å². The second-order valence-electron chi connectivity index (χ2n) is 5.40. The lowest BCUT2D eigenvalue weighted by atomic mass is 9.76. The van der Waals surface area contributed by atoms with Gasteiger partial charge in [0, 0.05) is 22.8 Å². The van der Waals surface area contributed by atoms with Crippen LogP contribution in [0.5, 0.6) is 0 Å². The van der Waals surface area contributed by atoms with Gasteiger partial charge in [-0.25, -0.2) is 0 Å². The van der Waals surface area contributed by atoms with Gasteiger partial charge in [-0.05, 0) is 29.7 Å². The number of carbonyl (C=O) groups is 2. The SMILES string of the molecule is CC1(C)CC(=O)C(Sc2ccc(Cl)cc2)C(=O)C1. The molecule has 2 nitrogen and oxygen atoms in total. The summed E-state index contributed by atoms with van der Waals surface area (Å²) < 4.78 is 0. The minimum Gasteiger partial charge on any atom is -0.298 e. The molecule has 4 heteroatoms. The quantitative estimate of drug-likeness (QED) is 0.775. The Hall–Kier alpha value is -0.800. The summed E-state index contributed by atoms with van der Waals surface area (Å²) in [5.41, 5.74) is -0.189. The fraction of sp³-hybridized carbons (Fsp3) is 0.429. The lowest BCUT2D eigenvalue weighted by Gasteiger charge is -2.31. The van der Waals surface area contributed by atoms with Crippen LogP contribution in [0.1, 0.15) is 26.7 Å². The first-order valence-electron chi connectivity index (χ1n) is 5.85. The molecule has 0 bridgehead atoms. The molecule has 1 fully saturated rings. The normalized spacial score (nSPS) is 20.2. The molecule has 1 aromatic rings. The second-order valence-corrected chi connectivity index (χ2v) is 7.02. The number of ketones is 2. The van der Waals surface area contributed by atoms with E-state index in [4.69, 9.17) is 11.6 Å². The van der Waals surface area contributed by atoms with Crippen molar-refractivity contribution in [3.63, 3.8) is 0 Å². The van der Waals surface area contributed by atoms with Crippen LogP contribution in [0.15, 0.2) is 29.2 Å². The van der Waals surface area contributed by atoms with Crippen molar-refractivity contribution in [2.45, 2.75) is 36.8 Å². The van der Waals surface area contributed by atoms with Crippen LogP contribution in [-0.4, -0.2) is 16.8 Å². The van der Waals surface area contributed by atoms with E-state index in [-0.39, 0.29) is 17.0 Å². The third-order valence-corrected chi connectivity index (χ3v) is 4.52. The Morgan fingerprint density at radius 3 is 2.11 bits per heavy atom. The molecule has 2 rings (SSSR count). The van der Waals surface area contributed by atoms with Crippen LogP contribution in [0.25, 0.3) is 0 Å². The van der Waals surface area contributed by atoms with Gasteiger partial charge in [-0.3, -0.25) is 9.59 Å². The third kappa shape index (κ3) is 3.15. The topological polar surface area (TPSA) is 34.1 Å². The summed E-state index contributed by atoms with van der Waals surface area (Å²) in [5.74, 6) is 0.0763. The highest BCUT2D eigenvalue weighted by molar-refractivity contribution is 8.01. The average molecular weight is 283 g/mol. The number of thioether (sulfide) groups is 1. The molecule has 0 unspecified atom stereocenters. The molecule has 0 spiro atoms. The van der Waals surface area contributed by atoms with E-state index in [1.165, 1.54) is 11.8 Å². The van der Waals surface area contributed by atoms with Gasteiger partial charge >= 0.3 is 0 Å². The van der Waals surface area contributed by atoms with Crippen molar-refractivity contribution < 1.29 is 9.59 Å². The maximum atomic E-state index is 12.0. The van der Waals surface area contributed by atoms with E-state index in [1.807, 2.05) is 26.0 Å². The predicted octanol–water partition coefficient (Wildman–Crippen LogP) is 3.76. The molecule has 0 amide bonds. The molecule has 0 aromatic heterocycles. The molecule has 18 heavy (non-hydrogen) atoms. The van der Waals surface area contributed by atoms with Gasteiger partial charge in [-0.2, -0.15) is 0 Å². The summed E-state index contributed by atoms with van der Waals surface area (Å²) in [7, 11) is 0. The van der Waals surface area contributed by atoms with Gasteiger partial charge < -0.3 is 0 Å². The molecule has 1 aliphatic carbocycles. The number of carbonyl (C=O) groups excluding carboxylic acids is 2. The Morgan fingerprint density at radius 1 is 1.11 bits per heavy atom. The molecule has 0 N–H and O–H groups in total. The molecular weight excluding hydrogens is 268 g/mol. The van der Waals surface area contributed by atoms with Gasteiger partial charge in [0.2, 0.25) is 0 Å². The maximum absolute atomic E-state index is 12.0. The Morgan fingerprint density at radius 2 is 1.61 bits per heavy atom. The first kappa shape index (κ1) is 13.6. The molecule has 0 saturated heterocycles. The zero-order valence-corrected chi connectivity index (χ0v) is 12.0. The zero-order valence-electron chi connectivity index (χ0n) is 10.4. The van der Waals surface area contributed by atoms with Crippen LogP contribution in [0.2, 0.25) is 5.02 Å². The summed E-state index contributed by atoms with van der Waals surface area (Å²) in [5, 5.41) is 0.112. The number of rotatable bonds is 2. The lowest BCUT2D eigenvalue weighted by molar-refractivity contribution is -0.132. The minimum atomic E-state index is -0.542. The summed E-state index contributed by atoms with van der Waals surface area (Å²) >= 11 is 7.14. The summed E-state index contributed by atoms with van der Waals surface area (Å²) in [6.07, 6.45) is 0.952. The van der Waals surface area contributed by atoms with Crippen LogP contribution in [0.3, 0.4) is 0 Å². The second kappa shape index (κ2) is 5.06. The molecule has 0 heterocycles. The fourth-order valence-corrected chi connectivity index (χ4v) is 3.27. The number of halogens is 1. The van der Waals surface area contributed by atoms with E-state index in [0.717, 1.165) is 4.90 Å². The van der Waals surface area contributed by atoms with Crippen molar-refractivity contribution in [3.05, 3.63) is 29.3 Å². The zero-order chi connectivity index (χ0) is 13.3. The van der Waals surface area contributed by atoms with Gasteiger partial charge in [-0.1, -0.05) is 25.4 Å². The third-order valence-electron chi connectivity index (χ3n) is 2.96. The molecule has 1 aliphatic rings. The van der Waals surface area contributed by atoms with Crippen molar-refractivity contribution >= 4 is 34.9 Å². The standard InChI is InChI=1S/C14H15ClO2S/c1-14(2)7-11(16)13(12(17)8-14)18-10-5-3-9(15)4-6-10/h3-6,13H,7-8H2,1-2H3. The molecule has 1 aromatic carbocycles. The van der Waals surface area contributed by atoms with E-state index < -0.39 is 5.25 Å². The highest BCUT2D eigenvalue weighted by Gasteiger charge is 2.39. The van der Waals surface area contributed by atoms with Crippen LogP contribution in [-0.2, 0) is 9.59 Å². The Kier molecular flexibility index (Phi) is 3.83. The fourth-order valence-electron chi connectivity index (χ4n) is 2.15. The Balaban J connectivity index is 2.12. The van der Waals surface area contributed by atoms with Gasteiger partial charge in [0.05, 0.1) is 0 Å². The van der Waals surface area contributed by atoms with Crippen molar-refractivity contribution in [1.82, 2.24) is 0 Å². The molecule has 1 saturated carbocycles. The first-order valence-corrected chi connectivity index (χ1v) is 7.11. The van der Waals surface area contributed by atoms with E-state index in [0.29, 0.717) is 17.9 Å². The molecule has 0 radical (unpaired) electrons. The number of hydrogen-bond donors (Lipinski definition) is 0. The van der Waals surface area contributed by atoms with Crippen molar-refractivity contribution in [1.29, 1.82) is 0 Å². The van der Waals surface area contributed by atoms with Crippen LogP contribution in [0.4, 0.5) is 0 Å². The number of Topliss-reactive ketones (excluding diaryl/α,β-unsaturated/α-hetero) is 2. The predicted molar refractivity (Wildman–Crippen MR) is 74.1 cm³/mol. The van der Waals surface area contributed by atoms with Crippen molar-refractivity contribution in [2.24, 2.45) is 5.41 Å². The van der Waals surface area contributed by atoms with E-state index in [1.54, 1.807) is 12.1 Å². The Bertz CT molecular complexity index is 459. The van der Waals surface area contributed by atoms with Gasteiger partial charge in [0.15, 0.2) is 11.6 Å². The van der Waals surface area contributed by atoms with Gasteiger partial charge in [0.25, 0.3) is 0 Å². The summed E-state index contributed by atoms with van der Waals surface area (Å²) in [6.45, 7) is 3.93. The molecule has 0 aliphatic heterocycles. The Labute approximate surface area is 116 Å². The summed E-state index contributed by atoms with van der Waals surface area (Å²) in [4.78, 5) is 25.0. The van der Waals surface area contributed by atoms with Crippen molar-refractivity contribution in [2.75, 3.05) is 0 Å². The lowest BCUT2D eigenvalue weighted by Crippen LogP contribution is -2.39. The highest BCUT2D eigenvalue weighted by Crippen LogP contribution is 2.37. The van der Waals surface area contributed by atoms with Crippen LogP contribution < -0.4 is 0 Å². The smallest absolute Gasteiger partial charge is 0.154 e. The van der Waals surface area contributed by atoms with Gasteiger partial charge in [-0.15, -0.1) is 11.8 Å². The molecule has 0 atom stereocenters. The minimum absolute atomic E-state index is 0.0381. The van der Waals surface area contributed by atoms with E-state index in [9.17, 15) is 9.59 Å². The largest absolute Gasteiger partial charge is 0.298 e. The average Bonchev–Trinajstić information content (AvgIpc) is 2.24. The number of hydrogen-bond acceptors (Lipinski definition) is 3. The van der Waals surface area contributed by atoms with Crippen LogP contribution >= 0.6 is 23.4 Å². The van der Waals surface area contributed by atoms with Crippen molar-refractivity contribution in [3.8, 4) is 0 Å². The first-order chi connectivity index (χ1) is 8.37. The van der Waals surface area contributed by atoms with Gasteiger partial charge in [0.1, 0.15) is 5.25 Å². The monoisotopic (exact) mass is 282 g/mol. The highest BCUT2D eigenvalue weighted by atomic mass is 35.5. The summed E-state index contributed by atoms with van der Waals surface area (Å²) in [6, 6.07) is 7.22. The van der Waals surface area contributed by atoms with E-state index in [2.05, 4.69) is 0 Å².